The molecule has 3 heterocycles. The topological polar surface area (TPSA) is 55.1 Å². The van der Waals surface area contributed by atoms with E-state index in [1.54, 1.807) is 12.1 Å². The summed E-state index contributed by atoms with van der Waals surface area (Å²) in [5.74, 6) is 0.713. The van der Waals surface area contributed by atoms with Gasteiger partial charge in [0.25, 0.3) is 0 Å². The summed E-state index contributed by atoms with van der Waals surface area (Å²) in [6.45, 7) is 1.93. The van der Waals surface area contributed by atoms with Crippen LogP contribution in [0.25, 0.3) is 5.65 Å². The Bertz CT molecular complexity index is 709. The maximum absolute atomic E-state index is 13.0. The number of pyridine rings is 2. The van der Waals surface area contributed by atoms with Gasteiger partial charge in [-0.3, -0.25) is 4.40 Å². The van der Waals surface area contributed by atoms with Crippen molar-refractivity contribution in [3.05, 3.63) is 54.4 Å². The molecule has 0 radical (unpaired) electrons. The van der Waals surface area contributed by atoms with Crippen LogP contribution >= 0.6 is 0 Å². The highest BCUT2D eigenvalue weighted by atomic mass is 19.1. The van der Waals surface area contributed by atoms with Gasteiger partial charge in [-0.15, -0.1) is 10.2 Å². The smallest absolute Gasteiger partial charge is 0.214 e. The Balaban J connectivity index is 1.90. The minimum absolute atomic E-state index is 0.133. The molecule has 19 heavy (non-hydrogen) atoms. The van der Waals surface area contributed by atoms with Gasteiger partial charge >= 0.3 is 0 Å². The van der Waals surface area contributed by atoms with Crippen molar-refractivity contribution in [2.45, 2.75) is 13.0 Å². The molecular weight excluding hydrogens is 245 g/mol. The summed E-state index contributed by atoms with van der Waals surface area (Å²) < 4.78 is 14.9. The fourth-order valence-corrected chi connectivity index (χ4v) is 1.93. The van der Waals surface area contributed by atoms with Crippen molar-refractivity contribution in [2.24, 2.45) is 0 Å². The van der Waals surface area contributed by atoms with E-state index < -0.39 is 5.95 Å². The van der Waals surface area contributed by atoms with Crippen LogP contribution in [0.5, 0.6) is 0 Å². The lowest BCUT2D eigenvalue weighted by Gasteiger charge is -2.12. The molecule has 1 unspecified atom stereocenters. The highest BCUT2D eigenvalue weighted by molar-refractivity contribution is 5.40. The Morgan fingerprint density at radius 1 is 1.16 bits per heavy atom. The minimum Gasteiger partial charge on any atom is -0.360 e. The number of halogens is 1. The summed E-state index contributed by atoms with van der Waals surface area (Å²) in [6.07, 6.45) is 1.89. The van der Waals surface area contributed by atoms with Crippen molar-refractivity contribution in [1.29, 1.82) is 0 Å². The summed E-state index contributed by atoms with van der Waals surface area (Å²) in [5.41, 5.74) is 0.776. The largest absolute Gasteiger partial charge is 0.360 e. The molecule has 0 spiro atoms. The van der Waals surface area contributed by atoms with Gasteiger partial charge in [-0.1, -0.05) is 12.1 Å². The van der Waals surface area contributed by atoms with E-state index in [4.69, 9.17) is 0 Å². The van der Waals surface area contributed by atoms with Gasteiger partial charge in [0.15, 0.2) is 11.5 Å². The van der Waals surface area contributed by atoms with E-state index in [9.17, 15) is 4.39 Å². The molecule has 0 saturated heterocycles. The van der Waals surface area contributed by atoms with Crippen molar-refractivity contribution in [3.8, 4) is 0 Å². The number of nitrogens with one attached hydrogen (secondary N) is 1. The Hall–Kier alpha value is -2.50. The fraction of sp³-hybridized carbons (Fsp3) is 0.154. The first-order valence-corrected chi connectivity index (χ1v) is 5.93. The van der Waals surface area contributed by atoms with E-state index in [0.29, 0.717) is 5.82 Å². The number of anilines is 1. The molecule has 3 aromatic heterocycles. The van der Waals surface area contributed by atoms with Crippen molar-refractivity contribution < 1.29 is 4.39 Å². The van der Waals surface area contributed by atoms with Gasteiger partial charge in [0, 0.05) is 6.20 Å². The normalized spacial score (nSPS) is 12.5. The maximum atomic E-state index is 13.0. The number of nitrogens with zero attached hydrogens (tertiary/aromatic N) is 4. The average molecular weight is 257 g/mol. The lowest BCUT2D eigenvalue weighted by atomic mass is 10.3. The van der Waals surface area contributed by atoms with E-state index in [0.717, 1.165) is 11.5 Å². The second-order valence-electron chi connectivity index (χ2n) is 4.20. The van der Waals surface area contributed by atoms with Crippen molar-refractivity contribution in [3.63, 3.8) is 0 Å². The van der Waals surface area contributed by atoms with E-state index in [1.807, 2.05) is 35.7 Å². The summed E-state index contributed by atoms with van der Waals surface area (Å²) in [5, 5.41) is 11.3. The summed E-state index contributed by atoms with van der Waals surface area (Å²) in [7, 11) is 0. The Kier molecular flexibility index (Phi) is 2.83. The number of hydrogen-bond donors (Lipinski definition) is 1. The van der Waals surface area contributed by atoms with Gasteiger partial charge < -0.3 is 5.32 Å². The summed E-state index contributed by atoms with van der Waals surface area (Å²) in [4.78, 5) is 3.77. The zero-order valence-corrected chi connectivity index (χ0v) is 10.3. The molecule has 0 aliphatic rings. The standard InChI is InChI=1S/C13H12FN5/c1-9(15-11-6-4-5-10(14)16-11)13-18-17-12-7-2-3-8-19(12)13/h2-9H,1H3,(H,15,16). The second kappa shape index (κ2) is 4.64. The van der Waals surface area contributed by atoms with Crippen LogP contribution in [-0.2, 0) is 0 Å². The molecule has 96 valence electrons. The Labute approximate surface area is 109 Å². The number of fused-ring (bicyclic) bond motifs is 1. The molecule has 5 nitrogen and oxygen atoms in total. The lowest BCUT2D eigenvalue weighted by Crippen LogP contribution is -2.11. The zero-order valence-electron chi connectivity index (χ0n) is 10.3. The first-order valence-electron chi connectivity index (χ1n) is 5.93. The molecular formula is C13H12FN5. The molecule has 1 atom stereocenters. The van der Waals surface area contributed by atoms with Crippen LogP contribution < -0.4 is 5.32 Å². The number of hydrogen-bond acceptors (Lipinski definition) is 4. The van der Waals surface area contributed by atoms with Crippen LogP contribution in [-0.4, -0.2) is 19.6 Å². The van der Waals surface area contributed by atoms with Gasteiger partial charge in [0.1, 0.15) is 5.82 Å². The van der Waals surface area contributed by atoms with Gasteiger partial charge in [-0.25, -0.2) is 4.98 Å². The third-order valence-corrected chi connectivity index (χ3v) is 2.81. The molecule has 3 aromatic rings. The Morgan fingerprint density at radius 3 is 2.89 bits per heavy atom. The fourth-order valence-electron chi connectivity index (χ4n) is 1.93. The Morgan fingerprint density at radius 2 is 2.05 bits per heavy atom. The monoisotopic (exact) mass is 257 g/mol. The maximum Gasteiger partial charge on any atom is 0.214 e. The van der Waals surface area contributed by atoms with E-state index >= 15 is 0 Å². The van der Waals surface area contributed by atoms with Crippen LogP contribution in [0.3, 0.4) is 0 Å². The molecule has 6 heteroatoms. The second-order valence-corrected chi connectivity index (χ2v) is 4.20. The van der Waals surface area contributed by atoms with E-state index in [2.05, 4.69) is 20.5 Å². The zero-order chi connectivity index (χ0) is 13.2. The van der Waals surface area contributed by atoms with Crippen LogP contribution in [0, 0.1) is 5.95 Å². The third kappa shape index (κ3) is 2.24. The van der Waals surface area contributed by atoms with Gasteiger partial charge in [-0.05, 0) is 31.2 Å². The first-order chi connectivity index (χ1) is 9.24. The van der Waals surface area contributed by atoms with Crippen LogP contribution in [0.4, 0.5) is 10.2 Å². The van der Waals surface area contributed by atoms with Crippen molar-refractivity contribution >= 4 is 11.5 Å². The molecule has 0 saturated carbocycles. The van der Waals surface area contributed by atoms with Crippen LogP contribution in [0.15, 0.2) is 42.6 Å². The van der Waals surface area contributed by atoms with Gasteiger partial charge in [0.2, 0.25) is 5.95 Å². The first kappa shape index (κ1) is 11.6. The molecule has 0 bridgehead atoms. The van der Waals surface area contributed by atoms with E-state index in [-0.39, 0.29) is 6.04 Å². The summed E-state index contributed by atoms with van der Waals surface area (Å²) >= 11 is 0. The highest BCUT2D eigenvalue weighted by Crippen LogP contribution is 2.17. The van der Waals surface area contributed by atoms with Gasteiger partial charge in [-0.2, -0.15) is 4.39 Å². The summed E-state index contributed by atoms with van der Waals surface area (Å²) in [6, 6.07) is 10.2. The van der Waals surface area contributed by atoms with Crippen molar-refractivity contribution in [2.75, 3.05) is 5.32 Å². The molecule has 0 fully saturated rings. The number of aromatic nitrogens is 4. The molecule has 1 N–H and O–H groups in total. The lowest BCUT2D eigenvalue weighted by molar-refractivity contribution is 0.583. The average Bonchev–Trinajstić information content (AvgIpc) is 2.82. The predicted molar refractivity (Wildman–Crippen MR) is 69.2 cm³/mol. The van der Waals surface area contributed by atoms with Crippen molar-refractivity contribution in [1.82, 2.24) is 19.6 Å². The molecule has 0 amide bonds. The SMILES string of the molecule is CC(Nc1cccc(F)n1)c1nnc2ccccn12. The van der Waals surface area contributed by atoms with E-state index in [1.165, 1.54) is 6.07 Å². The minimum atomic E-state index is -0.511. The number of rotatable bonds is 3. The molecule has 3 rings (SSSR count). The van der Waals surface area contributed by atoms with Gasteiger partial charge in [0.05, 0.1) is 6.04 Å². The van der Waals surface area contributed by atoms with Crippen LogP contribution in [0.2, 0.25) is 0 Å². The predicted octanol–water partition coefficient (Wildman–Crippen LogP) is 2.44. The quantitative estimate of drug-likeness (QED) is 0.732. The molecule has 0 aliphatic carbocycles. The molecule has 0 aromatic carbocycles. The highest BCUT2D eigenvalue weighted by Gasteiger charge is 2.13. The third-order valence-electron chi connectivity index (χ3n) is 2.81. The molecule has 0 aliphatic heterocycles. The van der Waals surface area contributed by atoms with Crippen LogP contribution in [0.1, 0.15) is 18.8 Å².